The normalized spacial score (nSPS) is 11.6. The lowest BCUT2D eigenvalue weighted by molar-refractivity contribution is -0.384. The first-order valence-corrected chi connectivity index (χ1v) is 8.99. The minimum absolute atomic E-state index is 0.101. The van der Waals surface area contributed by atoms with Crippen molar-refractivity contribution in [3.63, 3.8) is 0 Å². The molecule has 0 aliphatic carbocycles. The summed E-state index contributed by atoms with van der Waals surface area (Å²) in [7, 11) is -2.06. The van der Waals surface area contributed by atoms with E-state index < -0.39 is 14.9 Å². The van der Waals surface area contributed by atoms with E-state index in [0.29, 0.717) is 5.56 Å². The Morgan fingerprint density at radius 2 is 2.17 bits per heavy atom. The first kappa shape index (κ1) is 17.3. The van der Waals surface area contributed by atoms with Crippen molar-refractivity contribution in [1.29, 1.82) is 0 Å². The van der Waals surface area contributed by atoms with Gasteiger partial charge in [-0.2, -0.15) is 4.31 Å². The van der Waals surface area contributed by atoms with Crippen molar-refractivity contribution in [2.75, 3.05) is 25.5 Å². The smallest absolute Gasteiger partial charge is 0.314 e. The molecule has 2 heterocycles. The zero-order valence-electron chi connectivity index (χ0n) is 12.6. The number of rotatable bonds is 7. The molecule has 10 heteroatoms. The molecule has 0 aromatic carbocycles. The first-order chi connectivity index (χ1) is 10.8. The van der Waals surface area contributed by atoms with Crippen molar-refractivity contribution in [2.24, 2.45) is 0 Å². The average molecular weight is 356 g/mol. The highest BCUT2D eigenvalue weighted by atomic mass is 32.2. The minimum Gasteiger partial charge on any atom is -0.363 e. The van der Waals surface area contributed by atoms with Gasteiger partial charge in [0.1, 0.15) is 4.21 Å². The van der Waals surface area contributed by atoms with Crippen molar-refractivity contribution in [3.8, 4) is 0 Å². The minimum atomic E-state index is -3.53. The molecule has 0 aliphatic rings. The Balaban J connectivity index is 2.03. The van der Waals surface area contributed by atoms with Gasteiger partial charge in [0.2, 0.25) is 5.82 Å². The lowest BCUT2D eigenvalue weighted by Crippen LogP contribution is -2.31. The van der Waals surface area contributed by atoms with Crippen molar-refractivity contribution in [1.82, 2.24) is 9.29 Å². The molecule has 0 saturated carbocycles. The van der Waals surface area contributed by atoms with Gasteiger partial charge in [0, 0.05) is 31.9 Å². The van der Waals surface area contributed by atoms with Gasteiger partial charge < -0.3 is 5.32 Å². The molecule has 0 unspecified atom stereocenters. The fraction of sp³-hybridized carbons (Fsp3) is 0.308. The number of thiophene rings is 1. The number of anilines is 1. The van der Waals surface area contributed by atoms with Gasteiger partial charge in [0.15, 0.2) is 0 Å². The molecule has 2 aromatic heterocycles. The monoisotopic (exact) mass is 356 g/mol. The number of hydrogen-bond donors (Lipinski definition) is 1. The van der Waals surface area contributed by atoms with Gasteiger partial charge in [0.25, 0.3) is 10.0 Å². The second-order valence-electron chi connectivity index (χ2n) is 4.77. The molecule has 8 nitrogen and oxygen atoms in total. The van der Waals surface area contributed by atoms with Crippen LogP contribution in [0.5, 0.6) is 0 Å². The maximum absolute atomic E-state index is 12.2. The number of nitrogens with one attached hydrogen (secondary N) is 1. The van der Waals surface area contributed by atoms with Gasteiger partial charge in [-0.1, -0.05) is 6.07 Å². The van der Waals surface area contributed by atoms with Crippen LogP contribution < -0.4 is 5.32 Å². The molecule has 23 heavy (non-hydrogen) atoms. The first-order valence-electron chi connectivity index (χ1n) is 6.67. The van der Waals surface area contributed by atoms with Crippen LogP contribution in [0, 0.1) is 17.0 Å². The van der Waals surface area contributed by atoms with E-state index in [1.54, 1.807) is 24.4 Å². The van der Waals surface area contributed by atoms with E-state index in [2.05, 4.69) is 10.3 Å². The van der Waals surface area contributed by atoms with Crippen LogP contribution in [-0.2, 0) is 10.0 Å². The van der Waals surface area contributed by atoms with Gasteiger partial charge in [0.05, 0.1) is 4.92 Å². The Kier molecular flexibility index (Phi) is 5.29. The van der Waals surface area contributed by atoms with Gasteiger partial charge in [-0.25, -0.2) is 13.4 Å². The van der Waals surface area contributed by atoms with Gasteiger partial charge in [-0.3, -0.25) is 10.1 Å². The summed E-state index contributed by atoms with van der Waals surface area (Å²) in [5.74, 6) is 0.136. The van der Waals surface area contributed by atoms with Gasteiger partial charge in [-0.05, 0) is 24.4 Å². The Morgan fingerprint density at radius 1 is 1.43 bits per heavy atom. The molecule has 0 fully saturated rings. The second kappa shape index (κ2) is 7.02. The Morgan fingerprint density at radius 3 is 2.78 bits per heavy atom. The summed E-state index contributed by atoms with van der Waals surface area (Å²) >= 11 is 1.14. The quantitative estimate of drug-likeness (QED) is 0.601. The summed E-state index contributed by atoms with van der Waals surface area (Å²) in [5.41, 5.74) is 0.392. The largest absolute Gasteiger partial charge is 0.363 e. The standard InChI is InChI=1S/C13H16N4O4S2/c1-10-5-6-14-13(12(10)17(18)19)15-7-8-16(2)23(20,21)11-4-3-9-22-11/h3-6,9H,7-8H2,1-2H3,(H,14,15). The Labute approximate surface area is 138 Å². The van der Waals surface area contributed by atoms with E-state index in [-0.39, 0.29) is 28.8 Å². The van der Waals surface area contributed by atoms with E-state index in [4.69, 9.17) is 0 Å². The molecule has 1 N–H and O–H groups in total. The van der Waals surface area contributed by atoms with Crippen LogP contribution in [0.1, 0.15) is 5.56 Å². The second-order valence-corrected chi connectivity index (χ2v) is 7.99. The third-order valence-electron chi connectivity index (χ3n) is 3.19. The number of likely N-dealkylation sites (N-methyl/N-ethyl adjacent to an activating group) is 1. The van der Waals surface area contributed by atoms with Crippen LogP contribution in [-0.4, -0.2) is 42.8 Å². The number of aryl methyl sites for hydroxylation is 1. The molecule has 0 spiro atoms. The molecular weight excluding hydrogens is 340 g/mol. The molecule has 2 aromatic rings. The molecule has 0 bridgehead atoms. The highest BCUT2D eigenvalue weighted by molar-refractivity contribution is 7.91. The Hall–Kier alpha value is -2.04. The fourth-order valence-corrected chi connectivity index (χ4v) is 4.30. The predicted octanol–water partition coefficient (Wildman–Crippen LogP) is 2.09. The van der Waals surface area contributed by atoms with Crippen LogP contribution in [0.3, 0.4) is 0 Å². The zero-order valence-corrected chi connectivity index (χ0v) is 14.2. The molecule has 0 radical (unpaired) electrons. The summed E-state index contributed by atoms with van der Waals surface area (Å²) < 4.78 is 26.0. The third kappa shape index (κ3) is 3.84. The number of pyridine rings is 1. The summed E-state index contributed by atoms with van der Waals surface area (Å²) in [6.07, 6.45) is 1.47. The summed E-state index contributed by atoms with van der Waals surface area (Å²) in [5, 5.41) is 15.6. The number of nitrogens with zero attached hydrogens (tertiary/aromatic N) is 3. The topological polar surface area (TPSA) is 105 Å². The summed E-state index contributed by atoms with van der Waals surface area (Å²) in [4.78, 5) is 14.5. The maximum atomic E-state index is 12.2. The zero-order chi connectivity index (χ0) is 17.0. The molecule has 2 rings (SSSR count). The van der Waals surface area contributed by atoms with E-state index in [0.717, 1.165) is 11.3 Å². The third-order valence-corrected chi connectivity index (χ3v) is 6.42. The molecule has 0 atom stereocenters. The summed E-state index contributed by atoms with van der Waals surface area (Å²) in [6, 6.07) is 4.76. The molecular formula is C13H16N4O4S2. The fourth-order valence-electron chi connectivity index (χ4n) is 1.93. The van der Waals surface area contributed by atoms with E-state index >= 15 is 0 Å². The average Bonchev–Trinajstić information content (AvgIpc) is 3.01. The number of hydrogen-bond acceptors (Lipinski definition) is 7. The van der Waals surface area contributed by atoms with Gasteiger partial charge >= 0.3 is 5.69 Å². The lowest BCUT2D eigenvalue weighted by atomic mass is 10.2. The summed E-state index contributed by atoms with van der Waals surface area (Å²) in [6.45, 7) is 1.99. The molecule has 124 valence electrons. The SMILES string of the molecule is Cc1ccnc(NCCN(C)S(=O)(=O)c2cccs2)c1[N+](=O)[O-]. The Bertz CT molecular complexity index is 790. The van der Waals surface area contributed by atoms with Gasteiger partial charge in [-0.15, -0.1) is 11.3 Å². The van der Waals surface area contributed by atoms with Crippen molar-refractivity contribution < 1.29 is 13.3 Å². The molecule has 0 amide bonds. The van der Waals surface area contributed by atoms with Crippen molar-refractivity contribution in [2.45, 2.75) is 11.1 Å². The van der Waals surface area contributed by atoms with Crippen LogP contribution in [0.4, 0.5) is 11.5 Å². The van der Waals surface area contributed by atoms with E-state index in [1.165, 1.54) is 23.6 Å². The van der Waals surface area contributed by atoms with Crippen molar-refractivity contribution in [3.05, 3.63) is 45.5 Å². The maximum Gasteiger partial charge on any atom is 0.314 e. The number of aromatic nitrogens is 1. The lowest BCUT2D eigenvalue weighted by Gasteiger charge is -2.16. The van der Waals surface area contributed by atoms with Crippen LogP contribution in [0.2, 0.25) is 0 Å². The highest BCUT2D eigenvalue weighted by Crippen LogP contribution is 2.25. The number of nitro groups is 1. The molecule has 0 saturated heterocycles. The number of sulfonamides is 1. The van der Waals surface area contributed by atoms with Crippen molar-refractivity contribution >= 4 is 32.9 Å². The van der Waals surface area contributed by atoms with E-state index in [1.807, 2.05) is 0 Å². The molecule has 0 aliphatic heterocycles. The highest BCUT2D eigenvalue weighted by Gasteiger charge is 2.22. The van der Waals surface area contributed by atoms with E-state index in [9.17, 15) is 18.5 Å². The van der Waals surface area contributed by atoms with Crippen LogP contribution in [0.15, 0.2) is 34.0 Å². The predicted molar refractivity (Wildman–Crippen MR) is 88.3 cm³/mol. The van der Waals surface area contributed by atoms with Crippen LogP contribution in [0.25, 0.3) is 0 Å². The van der Waals surface area contributed by atoms with Crippen LogP contribution >= 0.6 is 11.3 Å².